The Kier molecular flexibility index (Phi) is 7.72. The van der Waals surface area contributed by atoms with Crippen LogP contribution in [-0.4, -0.2) is 43.7 Å². The molecule has 0 saturated carbocycles. The number of carbonyl (C=O) groups is 1. The molecule has 1 aliphatic rings. The molecule has 16 heavy (non-hydrogen) atoms. The average Bonchev–Trinajstić information content (AvgIpc) is 2.76. The summed E-state index contributed by atoms with van der Waals surface area (Å²) in [5.74, 6) is 0.774. The van der Waals surface area contributed by atoms with Gasteiger partial charge in [-0.05, 0) is 25.7 Å². The van der Waals surface area contributed by atoms with Crippen molar-refractivity contribution in [1.29, 1.82) is 0 Å². The van der Waals surface area contributed by atoms with Crippen LogP contribution in [0.15, 0.2) is 0 Å². The molecule has 0 radical (unpaired) electrons. The molecule has 0 aromatic rings. The molecule has 5 heteroatoms. The molecule has 96 valence electrons. The Hall–Kier alpha value is -0.320. The van der Waals surface area contributed by atoms with Crippen LogP contribution in [0, 0.1) is 5.92 Å². The van der Waals surface area contributed by atoms with Gasteiger partial charge in [0.15, 0.2) is 0 Å². The number of halogens is 1. The van der Waals surface area contributed by atoms with Gasteiger partial charge in [0.05, 0.1) is 0 Å². The van der Waals surface area contributed by atoms with Gasteiger partial charge in [-0.3, -0.25) is 4.79 Å². The number of nitrogens with two attached hydrogens (primary N) is 1. The highest BCUT2D eigenvalue weighted by molar-refractivity contribution is 5.85. The van der Waals surface area contributed by atoms with Gasteiger partial charge in [0.2, 0.25) is 5.91 Å². The van der Waals surface area contributed by atoms with Gasteiger partial charge in [0, 0.05) is 39.3 Å². The van der Waals surface area contributed by atoms with Crippen molar-refractivity contribution in [3.8, 4) is 0 Å². The number of hydrogen-bond donors (Lipinski definition) is 1. The van der Waals surface area contributed by atoms with Crippen LogP contribution < -0.4 is 5.73 Å². The minimum atomic E-state index is 0. The van der Waals surface area contributed by atoms with Crippen LogP contribution in [0.1, 0.15) is 26.2 Å². The molecule has 1 saturated heterocycles. The maximum absolute atomic E-state index is 11.7. The van der Waals surface area contributed by atoms with E-state index in [9.17, 15) is 4.79 Å². The second-order valence-corrected chi connectivity index (χ2v) is 4.36. The Morgan fingerprint density at radius 1 is 1.62 bits per heavy atom. The molecule has 2 unspecified atom stereocenters. The van der Waals surface area contributed by atoms with Crippen LogP contribution in [0.2, 0.25) is 0 Å². The molecular formula is C11H23ClN2O2. The van der Waals surface area contributed by atoms with E-state index in [4.69, 9.17) is 10.5 Å². The van der Waals surface area contributed by atoms with Crippen molar-refractivity contribution in [3.05, 3.63) is 0 Å². The van der Waals surface area contributed by atoms with Crippen LogP contribution in [0.3, 0.4) is 0 Å². The fraction of sp³-hybridized carbons (Fsp3) is 0.909. The van der Waals surface area contributed by atoms with Crippen molar-refractivity contribution in [3.63, 3.8) is 0 Å². The Labute approximate surface area is 104 Å². The second kappa shape index (κ2) is 7.87. The van der Waals surface area contributed by atoms with Gasteiger partial charge in [0.1, 0.15) is 0 Å². The molecule has 1 aliphatic heterocycles. The third-order valence-electron chi connectivity index (χ3n) is 3.19. The van der Waals surface area contributed by atoms with Gasteiger partial charge < -0.3 is 15.4 Å². The first-order valence-corrected chi connectivity index (χ1v) is 5.68. The highest BCUT2D eigenvalue weighted by atomic mass is 35.5. The van der Waals surface area contributed by atoms with E-state index in [1.807, 2.05) is 14.0 Å². The third-order valence-corrected chi connectivity index (χ3v) is 3.19. The quantitative estimate of drug-likeness (QED) is 0.793. The van der Waals surface area contributed by atoms with Crippen LogP contribution in [0.5, 0.6) is 0 Å². The van der Waals surface area contributed by atoms with Crippen molar-refractivity contribution in [2.24, 2.45) is 11.7 Å². The molecule has 1 amide bonds. The minimum Gasteiger partial charge on any atom is -0.381 e. The summed E-state index contributed by atoms with van der Waals surface area (Å²) in [4.78, 5) is 13.5. The number of ether oxygens (including phenoxy) is 1. The molecule has 0 aromatic carbocycles. The Balaban J connectivity index is 0.00000225. The zero-order valence-corrected chi connectivity index (χ0v) is 11.0. The highest BCUT2D eigenvalue weighted by Gasteiger charge is 2.19. The van der Waals surface area contributed by atoms with Gasteiger partial charge in [-0.15, -0.1) is 12.4 Å². The number of likely N-dealkylation sites (N-methyl/N-ethyl adjacent to an activating group) is 1. The van der Waals surface area contributed by atoms with Crippen molar-refractivity contribution in [2.75, 3.05) is 26.8 Å². The van der Waals surface area contributed by atoms with Crippen LogP contribution >= 0.6 is 12.4 Å². The fourth-order valence-corrected chi connectivity index (χ4v) is 1.72. The van der Waals surface area contributed by atoms with Gasteiger partial charge in [-0.25, -0.2) is 0 Å². The lowest BCUT2D eigenvalue weighted by Gasteiger charge is -2.24. The molecule has 1 heterocycles. The molecule has 1 fully saturated rings. The standard InChI is InChI=1S/C11H22N2O2.ClH/c1-9(7-12)13(2)11(14)4-3-10-5-6-15-8-10;/h9-10H,3-8,12H2,1-2H3;1H. The highest BCUT2D eigenvalue weighted by Crippen LogP contribution is 2.18. The maximum atomic E-state index is 11.7. The number of hydrogen-bond acceptors (Lipinski definition) is 3. The normalized spacial score (nSPS) is 21.3. The van der Waals surface area contributed by atoms with Gasteiger partial charge in [0.25, 0.3) is 0 Å². The summed E-state index contributed by atoms with van der Waals surface area (Å²) in [6.45, 7) is 4.17. The topological polar surface area (TPSA) is 55.6 Å². The van der Waals surface area contributed by atoms with Crippen molar-refractivity contribution in [1.82, 2.24) is 4.90 Å². The molecule has 0 bridgehead atoms. The number of nitrogens with zero attached hydrogens (tertiary/aromatic N) is 1. The number of carbonyl (C=O) groups excluding carboxylic acids is 1. The number of rotatable bonds is 5. The fourth-order valence-electron chi connectivity index (χ4n) is 1.72. The van der Waals surface area contributed by atoms with E-state index in [-0.39, 0.29) is 24.4 Å². The summed E-state index contributed by atoms with van der Waals surface area (Å²) >= 11 is 0. The smallest absolute Gasteiger partial charge is 0.222 e. The van der Waals surface area contributed by atoms with Crippen LogP contribution in [0.25, 0.3) is 0 Å². The Bertz CT molecular complexity index is 208. The summed E-state index contributed by atoms with van der Waals surface area (Å²) in [6.07, 6.45) is 2.67. The van der Waals surface area contributed by atoms with E-state index in [0.717, 1.165) is 26.1 Å². The average molecular weight is 251 g/mol. The maximum Gasteiger partial charge on any atom is 0.222 e. The van der Waals surface area contributed by atoms with Gasteiger partial charge >= 0.3 is 0 Å². The molecular weight excluding hydrogens is 228 g/mol. The second-order valence-electron chi connectivity index (χ2n) is 4.36. The van der Waals surface area contributed by atoms with Crippen molar-refractivity contribution in [2.45, 2.75) is 32.2 Å². The van der Waals surface area contributed by atoms with E-state index < -0.39 is 0 Å². The molecule has 4 nitrogen and oxygen atoms in total. The first-order valence-electron chi connectivity index (χ1n) is 5.68. The molecule has 0 aromatic heterocycles. The summed E-state index contributed by atoms with van der Waals surface area (Å²) in [5, 5.41) is 0. The minimum absolute atomic E-state index is 0. The largest absolute Gasteiger partial charge is 0.381 e. The first-order chi connectivity index (χ1) is 7.15. The van der Waals surface area contributed by atoms with Crippen molar-refractivity contribution >= 4 is 18.3 Å². The predicted molar refractivity (Wildman–Crippen MR) is 66.7 cm³/mol. The third kappa shape index (κ3) is 4.68. The summed E-state index contributed by atoms with van der Waals surface area (Å²) < 4.78 is 5.27. The summed E-state index contributed by atoms with van der Waals surface area (Å²) in [6, 6.07) is 0.136. The van der Waals surface area contributed by atoms with Crippen LogP contribution in [0.4, 0.5) is 0 Å². The molecule has 0 aliphatic carbocycles. The lowest BCUT2D eigenvalue weighted by molar-refractivity contribution is -0.131. The Morgan fingerprint density at radius 2 is 2.31 bits per heavy atom. The van der Waals surface area contributed by atoms with E-state index in [1.54, 1.807) is 4.90 Å². The summed E-state index contributed by atoms with van der Waals surface area (Å²) in [5.41, 5.74) is 5.52. The van der Waals surface area contributed by atoms with Gasteiger partial charge in [-0.1, -0.05) is 0 Å². The monoisotopic (exact) mass is 250 g/mol. The molecule has 0 spiro atoms. The SMILES string of the molecule is CC(CN)N(C)C(=O)CCC1CCOC1.Cl. The first kappa shape index (κ1) is 15.7. The van der Waals surface area contributed by atoms with E-state index in [0.29, 0.717) is 18.9 Å². The lowest BCUT2D eigenvalue weighted by atomic mass is 10.0. The van der Waals surface area contributed by atoms with E-state index in [2.05, 4.69) is 0 Å². The number of amides is 1. The lowest BCUT2D eigenvalue weighted by Crippen LogP contribution is -2.39. The molecule has 1 rings (SSSR count). The molecule has 2 N–H and O–H groups in total. The zero-order chi connectivity index (χ0) is 11.3. The van der Waals surface area contributed by atoms with Gasteiger partial charge in [-0.2, -0.15) is 0 Å². The van der Waals surface area contributed by atoms with E-state index >= 15 is 0 Å². The Morgan fingerprint density at radius 3 is 2.81 bits per heavy atom. The predicted octanol–water partition coefficient (Wildman–Crippen LogP) is 1.03. The van der Waals surface area contributed by atoms with E-state index in [1.165, 1.54) is 0 Å². The van der Waals surface area contributed by atoms with Crippen LogP contribution in [-0.2, 0) is 9.53 Å². The molecule has 2 atom stereocenters. The summed E-state index contributed by atoms with van der Waals surface area (Å²) in [7, 11) is 1.82. The van der Waals surface area contributed by atoms with Crippen molar-refractivity contribution < 1.29 is 9.53 Å². The zero-order valence-electron chi connectivity index (χ0n) is 10.1.